The van der Waals surface area contributed by atoms with Crippen LogP contribution < -0.4 is 5.73 Å². The molecule has 0 spiro atoms. The molecule has 0 radical (unpaired) electrons. The van der Waals surface area contributed by atoms with Gasteiger partial charge < -0.3 is 20.4 Å². The van der Waals surface area contributed by atoms with Gasteiger partial charge in [-0.05, 0) is 56.0 Å². The van der Waals surface area contributed by atoms with Gasteiger partial charge in [0.25, 0.3) is 0 Å². The van der Waals surface area contributed by atoms with Crippen LogP contribution in [0, 0.1) is 0 Å². The van der Waals surface area contributed by atoms with E-state index < -0.39 is 0 Å². The lowest BCUT2D eigenvalue weighted by atomic mass is 10.0. The van der Waals surface area contributed by atoms with Gasteiger partial charge in [-0.2, -0.15) is 0 Å². The van der Waals surface area contributed by atoms with Crippen LogP contribution in [0.1, 0.15) is 30.0 Å². The molecule has 0 bridgehead atoms. The van der Waals surface area contributed by atoms with Gasteiger partial charge in [0, 0.05) is 36.6 Å². The van der Waals surface area contributed by atoms with Gasteiger partial charge in [0.05, 0.1) is 6.61 Å². The number of amides is 1. The molecule has 31 heavy (non-hydrogen) atoms. The van der Waals surface area contributed by atoms with E-state index in [1.165, 1.54) is 29.1 Å². The largest absolute Gasteiger partial charge is 0.466 e. The SMILES string of the molecule is CCOC(=O)CCc1c[nH]c2ccccc12.CN.O=CN1CCc2ccccc2CC1. The van der Waals surface area contributed by atoms with Crippen molar-refractivity contribution >= 4 is 23.3 Å². The fourth-order valence-electron chi connectivity index (χ4n) is 3.60. The highest BCUT2D eigenvalue weighted by Gasteiger charge is 2.11. The molecule has 6 heteroatoms. The number of rotatable bonds is 5. The smallest absolute Gasteiger partial charge is 0.306 e. The van der Waals surface area contributed by atoms with E-state index in [0.29, 0.717) is 13.0 Å². The van der Waals surface area contributed by atoms with Crippen LogP contribution in [0.3, 0.4) is 0 Å². The van der Waals surface area contributed by atoms with Gasteiger partial charge in [0.2, 0.25) is 6.41 Å². The van der Waals surface area contributed by atoms with Crippen LogP contribution in [0.4, 0.5) is 0 Å². The average molecular weight is 424 g/mol. The number of fused-ring (bicyclic) bond motifs is 2. The van der Waals surface area contributed by atoms with Crippen LogP contribution in [-0.2, 0) is 33.6 Å². The highest BCUT2D eigenvalue weighted by Crippen LogP contribution is 2.19. The van der Waals surface area contributed by atoms with Crippen LogP contribution in [0.15, 0.2) is 54.7 Å². The van der Waals surface area contributed by atoms with E-state index in [0.717, 1.165) is 44.3 Å². The van der Waals surface area contributed by atoms with Gasteiger partial charge in [-0.15, -0.1) is 0 Å². The first-order valence-corrected chi connectivity index (χ1v) is 10.8. The summed E-state index contributed by atoms with van der Waals surface area (Å²) < 4.78 is 4.90. The summed E-state index contributed by atoms with van der Waals surface area (Å²) >= 11 is 0. The van der Waals surface area contributed by atoms with Gasteiger partial charge >= 0.3 is 5.97 Å². The second-order valence-corrected chi connectivity index (χ2v) is 7.07. The number of aromatic nitrogens is 1. The summed E-state index contributed by atoms with van der Waals surface area (Å²) in [6.07, 6.45) is 6.07. The molecule has 1 amide bonds. The number of ether oxygens (including phenoxy) is 1. The van der Waals surface area contributed by atoms with Crippen molar-refractivity contribution in [2.24, 2.45) is 5.73 Å². The minimum atomic E-state index is -0.132. The number of benzene rings is 2. The quantitative estimate of drug-likeness (QED) is 0.486. The Morgan fingerprint density at radius 2 is 1.68 bits per heavy atom. The summed E-state index contributed by atoms with van der Waals surface area (Å²) in [6.45, 7) is 4.00. The Morgan fingerprint density at radius 1 is 1.06 bits per heavy atom. The number of esters is 1. The number of para-hydroxylation sites is 1. The summed E-state index contributed by atoms with van der Waals surface area (Å²) in [4.78, 5) is 26.9. The Kier molecular flexibility index (Phi) is 10.3. The molecule has 0 aliphatic carbocycles. The number of carbonyl (C=O) groups excluding carboxylic acids is 2. The van der Waals surface area contributed by atoms with E-state index in [4.69, 9.17) is 4.74 Å². The van der Waals surface area contributed by atoms with Crippen molar-refractivity contribution in [2.45, 2.75) is 32.6 Å². The molecule has 166 valence electrons. The molecule has 3 N–H and O–H groups in total. The summed E-state index contributed by atoms with van der Waals surface area (Å²) in [5, 5.41) is 1.19. The zero-order chi connectivity index (χ0) is 22.5. The Balaban J connectivity index is 0.000000208. The van der Waals surface area contributed by atoms with Crippen molar-refractivity contribution in [2.75, 3.05) is 26.7 Å². The lowest BCUT2D eigenvalue weighted by molar-refractivity contribution is -0.143. The summed E-state index contributed by atoms with van der Waals surface area (Å²) in [5.74, 6) is -0.132. The molecule has 1 aliphatic heterocycles. The van der Waals surface area contributed by atoms with Gasteiger partial charge in [0.1, 0.15) is 0 Å². The van der Waals surface area contributed by atoms with E-state index in [2.05, 4.69) is 41.0 Å². The van der Waals surface area contributed by atoms with Crippen molar-refractivity contribution in [1.29, 1.82) is 0 Å². The molecule has 1 aromatic heterocycles. The van der Waals surface area contributed by atoms with E-state index in [1.54, 1.807) is 0 Å². The number of nitrogens with zero attached hydrogens (tertiary/aromatic N) is 1. The molecule has 0 fully saturated rings. The third-order valence-corrected chi connectivity index (χ3v) is 5.18. The number of nitrogens with one attached hydrogen (secondary N) is 1. The van der Waals surface area contributed by atoms with Crippen LogP contribution in [-0.4, -0.2) is 49.0 Å². The van der Waals surface area contributed by atoms with Crippen LogP contribution in [0.5, 0.6) is 0 Å². The number of aromatic amines is 1. The monoisotopic (exact) mass is 423 g/mol. The van der Waals surface area contributed by atoms with Crippen molar-refractivity contribution in [1.82, 2.24) is 9.88 Å². The second kappa shape index (κ2) is 13.2. The molecule has 1 aliphatic rings. The number of H-pyrrole nitrogens is 1. The fraction of sp³-hybridized carbons (Fsp3) is 0.360. The first kappa shape index (κ1) is 24.2. The number of hydrogen-bond donors (Lipinski definition) is 2. The second-order valence-electron chi connectivity index (χ2n) is 7.07. The molecular weight excluding hydrogens is 390 g/mol. The van der Waals surface area contributed by atoms with Crippen molar-refractivity contribution < 1.29 is 14.3 Å². The third-order valence-electron chi connectivity index (χ3n) is 5.18. The van der Waals surface area contributed by atoms with Crippen molar-refractivity contribution in [3.63, 3.8) is 0 Å². The normalized spacial score (nSPS) is 12.4. The van der Waals surface area contributed by atoms with E-state index in [1.807, 2.05) is 36.2 Å². The number of carbonyl (C=O) groups is 2. The van der Waals surface area contributed by atoms with Crippen molar-refractivity contribution in [3.05, 3.63) is 71.4 Å². The minimum absolute atomic E-state index is 0.132. The summed E-state index contributed by atoms with van der Waals surface area (Å²) in [5.41, 5.74) is 9.57. The molecule has 4 rings (SSSR count). The zero-order valence-corrected chi connectivity index (χ0v) is 18.5. The highest BCUT2D eigenvalue weighted by atomic mass is 16.5. The topological polar surface area (TPSA) is 88.4 Å². The summed E-state index contributed by atoms with van der Waals surface area (Å²) in [6, 6.07) is 16.5. The van der Waals surface area contributed by atoms with Gasteiger partial charge in [-0.25, -0.2) is 0 Å². The highest BCUT2D eigenvalue weighted by molar-refractivity contribution is 5.83. The maximum absolute atomic E-state index is 11.2. The molecular formula is C25H33N3O3. The predicted octanol–water partition coefficient (Wildman–Crippen LogP) is 3.48. The lowest BCUT2D eigenvalue weighted by Crippen LogP contribution is -2.24. The van der Waals surface area contributed by atoms with Crippen molar-refractivity contribution in [3.8, 4) is 0 Å². The predicted molar refractivity (Wildman–Crippen MR) is 125 cm³/mol. The molecule has 0 saturated carbocycles. The number of hydrogen-bond acceptors (Lipinski definition) is 4. The van der Waals surface area contributed by atoms with Gasteiger partial charge in [0.15, 0.2) is 0 Å². The molecule has 0 unspecified atom stereocenters. The first-order valence-electron chi connectivity index (χ1n) is 10.8. The molecule has 3 aromatic rings. The third kappa shape index (κ3) is 7.26. The molecule has 2 aromatic carbocycles. The first-order chi connectivity index (χ1) is 15.2. The Bertz CT molecular complexity index is 925. The average Bonchev–Trinajstić information content (AvgIpc) is 3.11. The van der Waals surface area contributed by atoms with Crippen LogP contribution in [0.25, 0.3) is 10.9 Å². The molecule has 6 nitrogen and oxygen atoms in total. The Hall–Kier alpha value is -3.12. The molecule has 2 heterocycles. The van der Waals surface area contributed by atoms with E-state index in [9.17, 15) is 9.59 Å². The Labute approximate surface area is 184 Å². The van der Waals surface area contributed by atoms with E-state index >= 15 is 0 Å². The maximum atomic E-state index is 11.2. The van der Waals surface area contributed by atoms with E-state index in [-0.39, 0.29) is 5.97 Å². The Morgan fingerprint density at radius 3 is 2.29 bits per heavy atom. The van der Waals surface area contributed by atoms with Gasteiger partial charge in [-0.1, -0.05) is 42.5 Å². The standard InChI is InChI=1S/C13H15NO2.C11H13NO.CH5N/c1-2-16-13(15)8-7-10-9-14-12-6-4-3-5-11(10)12;13-9-12-7-5-10-3-1-2-4-11(10)6-8-12;1-2/h3-6,9,14H,2,7-8H2,1H3;1-4,9H,5-8H2;2H2,1H3. The molecule has 0 atom stereocenters. The zero-order valence-electron chi connectivity index (χ0n) is 18.5. The fourth-order valence-corrected chi connectivity index (χ4v) is 3.60. The van der Waals surface area contributed by atoms with Crippen LogP contribution >= 0.6 is 0 Å². The number of aryl methyl sites for hydroxylation is 1. The maximum Gasteiger partial charge on any atom is 0.306 e. The van der Waals surface area contributed by atoms with Crippen LogP contribution in [0.2, 0.25) is 0 Å². The summed E-state index contributed by atoms with van der Waals surface area (Å²) in [7, 11) is 1.50. The minimum Gasteiger partial charge on any atom is -0.466 e. The molecule has 0 saturated heterocycles. The van der Waals surface area contributed by atoms with Gasteiger partial charge in [-0.3, -0.25) is 9.59 Å². The number of nitrogens with two attached hydrogens (primary N) is 1. The lowest BCUT2D eigenvalue weighted by Gasteiger charge is -2.12.